The molecule has 5 nitrogen and oxygen atoms in total. The van der Waals surface area contributed by atoms with Crippen LogP contribution in [-0.2, 0) is 4.74 Å². The lowest BCUT2D eigenvalue weighted by Crippen LogP contribution is -2.24. The van der Waals surface area contributed by atoms with Crippen LogP contribution in [0.3, 0.4) is 0 Å². The average molecular weight is 291 g/mol. The fraction of sp³-hybridized carbons (Fsp3) is 0.357. The molecule has 106 valence electrons. The van der Waals surface area contributed by atoms with E-state index in [-0.39, 0.29) is 0 Å². The molecule has 0 radical (unpaired) electrons. The predicted octanol–water partition coefficient (Wildman–Crippen LogP) is 3.05. The maximum Gasteiger partial charge on any atom is 0.342 e. The van der Waals surface area contributed by atoms with Gasteiger partial charge in [0.25, 0.3) is 0 Å². The molecule has 0 spiro atoms. The van der Waals surface area contributed by atoms with Crippen LogP contribution in [0.15, 0.2) is 17.8 Å². The summed E-state index contributed by atoms with van der Waals surface area (Å²) in [5, 5.41) is 2.24. The van der Waals surface area contributed by atoms with Crippen molar-refractivity contribution in [3.05, 3.63) is 29.0 Å². The topological polar surface area (TPSA) is 78.1 Å². The molecule has 0 saturated carbocycles. The van der Waals surface area contributed by atoms with Gasteiger partial charge in [0.2, 0.25) is 0 Å². The highest BCUT2D eigenvalue weighted by Gasteiger charge is 2.25. The van der Waals surface area contributed by atoms with Crippen LogP contribution in [0, 0.1) is 6.92 Å². The zero-order valence-corrected chi connectivity index (χ0v) is 12.7. The van der Waals surface area contributed by atoms with Gasteiger partial charge in [0, 0.05) is 23.3 Å². The first-order valence-electron chi connectivity index (χ1n) is 6.18. The van der Waals surface area contributed by atoms with Crippen molar-refractivity contribution in [2.45, 2.75) is 33.3 Å². The van der Waals surface area contributed by atoms with Crippen LogP contribution < -0.4 is 5.73 Å². The van der Waals surface area contributed by atoms with E-state index in [1.807, 2.05) is 33.1 Å². The Labute approximate surface area is 121 Å². The molecule has 2 heterocycles. The maximum atomic E-state index is 12.3. The van der Waals surface area contributed by atoms with Gasteiger partial charge >= 0.3 is 5.97 Å². The molecule has 0 aliphatic carbocycles. The van der Waals surface area contributed by atoms with Gasteiger partial charge in [-0.05, 0) is 27.7 Å². The van der Waals surface area contributed by atoms with Crippen molar-refractivity contribution in [3.8, 4) is 11.3 Å². The number of carbonyl (C=O) groups is 1. The van der Waals surface area contributed by atoms with Crippen LogP contribution in [0.5, 0.6) is 0 Å². The first-order chi connectivity index (χ1) is 9.29. The summed E-state index contributed by atoms with van der Waals surface area (Å²) in [5.41, 5.74) is 7.79. The second kappa shape index (κ2) is 5.20. The molecular weight excluding hydrogens is 274 g/mol. The Morgan fingerprint density at radius 1 is 1.30 bits per heavy atom. The SMILES string of the molecule is Cc1nccnc1-c1csc(N)c1C(=O)OC(C)(C)C. The van der Waals surface area contributed by atoms with E-state index in [4.69, 9.17) is 10.5 Å². The minimum Gasteiger partial charge on any atom is -0.456 e. The molecular formula is C14H17N3O2S. The van der Waals surface area contributed by atoms with Gasteiger partial charge in [-0.25, -0.2) is 4.79 Å². The lowest BCUT2D eigenvalue weighted by atomic mass is 10.1. The summed E-state index contributed by atoms with van der Waals surface area (Å²) >= 11 is 1.30. The van der Waals surface area contributed by atoms with Gasteiger partial charge in [0.15, 0.2) is 0 Å². The van der Waals surface area contributed by atoms with E-state index in [1.165, 1.54) is 11.3 Å². The minimum absolute atomic E-state index is 0.369. The van der Waals surface area contributed by atoms with Gasteiger partial charge in [0.1, 0.15) is 16.2 Å². The molecule has 0 atom stereocenters. The predicted molar refractivity (Wildman–Crippen MR) is 79.7 cm³/mol. The maximum absolute atomic E-state index is 12.3. The van der Waals surface area contributed by atoms with E-state index in [2.05, 4.69) is 9.97 Å². The number of esters is 1. The molecule has 0 aliphatic heterocycles. The number of ether oxygens (including phenoxy) is 1. The number of rotatable bonds is 2. The molecule has 0 fully saturated rings. The third-order valence-corrected chi connectivity index (χ3v) is 3.37. The monoisotopic (exact) mass is 291 g/mol. The third kappa shape index (κ3) is 2.96. The smallest absolute Gasteiger partial charge is 0.342 e. The number of anilines is 1. The van der Waals surface area contributed by atoms with Gasteiger partial charge in [-0.1, -0.05) is 0 Å². The molecule has 0 bridgehead atoms. The Balaban J connectivity index is 2.48. The summed E-state index contributed by atoms with van der Waals surface area (Å²) in [7, 11) is 0. The van der Waals surface area contributed by atoms with Crippen molar-refractivity contribution in [2.24, 2.45) is 0 Å². The highest BCUT2D eigenvalue weighted by Crippen LogP contribution is 2.34. The van der Waals surface area contributed by atoms with E-state index < -0.39 is 11.6 Å². The Hall–Kier alpha value is -1.95. The van der Waals surface area contributed by atoms with Crippen molar-refractivity contribution < 1.29 is 9.53 Å². The summed E-state index contributed by atoms with van der Waals surface area (Å²) < 4.78 is 5.40. The van der Waals surface area contributed by atoms with Crippen LogP contribution in [0.1, 0.15) is 36.8 Å². The molecule has 0 amide bonds. The number of hydrogen-bond acceptors (Lipinski definition) is 6. The summed E-state index contributed by atoms with van der Waals surface area (Å²) in [6.45, 7) is 7.30. The molecule has 2 N–H and O–H groups in total. The Morgan fingerprint density at radius 2 is 1.95 bits per heavy atom. The molecule has 20 heavy (non-hydrogen) atoms. The Morgan fingerprint density at radius 3 is 2.55 bits per heavy atom. The first kappa shape index (κ1) is 14.5. The van der Waals surface area contributed by atoms with Crippen molar-refractivity contribution in [1.29, 1.82) is 0 Å². The van der Waals surface area contributed by atoms with Crippen LogP contribution in [0.4, 0.5) is 5.00 Å². The van der Waals surface area contributed by atoms with Crippen LogP contribution in [-0.4, -0.2) is 21.5 Å². The number of carbonyl (C=O) groups excluding carboxylic acids is 1. The highest BCUT2D eigenvalue weighted by molar-refractivity contribution is 7.14. The number of aryl methyl sites for hydroxylation is 1. The van der Waals surface area contributed by atoms with Crippen molar-refractivity contribution in [1.82, 2.24) is 9.97 Å². The summed E-state index contributed by atoms with van der Waals surface area (Å²) in [4.78, 5) is 20.8. The lowest BCUT2D eigenvalue weighted by molar-refractivity contribution is 0.00722. The summed E-state index contributed by atoms with van der Waals surface area (Å²) in [5.74, 6) is -0.434. The second-order valence-corrected chi connectivity index (χ2v) is 6.29. The highest BCUT2D eigenvalue weighted by atomic mass is 32.1. The van der Waals surface area contributed by atoms with Gasteiger partial charge in [-0.2, -0.15) is 0 Å². The molecule has 2 rings (SSSR count). The van der Waals surface area contributed by atoms with Crippen molar-refractivity contribution in [3.63, 3.8) is 0 Å². The van der Waals surface area contributed by atoms with Gasteiger partial charge in [-0.15, -0.1) is 11.3 Å². The molecule has 6 heteroatoms. The molecule has 0 aliphatic rings. The summed E-state index contributed by atoms with van der Waals surface area (Å²) in [6, 6.07) is 0. The number of nitrogen functional groups attached to an aromatic ring is 1. The lowest BCUT2D eigenvalue weighted by Gasteiger charge is -2.20. The summed E-state index contributed by atoms with van der Waals surface area (Å²) in [6.07, 6.45) is 3.21. The van der Waals surface area contributed by atoms with E-state index in [1.54, 1.807) is 12.4 Å². The fourth-order valence-electron chi connectivity index (χ4n) is 1.76. The zero-order chi connectivity index (χ0) is 14.9. The molecule has 2 aromatic heterocycles. The van der Waals surface area contributed by atoms with Gasteiger partial charge < -0.3 is 10.5 Å². The third-order valence-electron chi connectivity index (χ3n) is 2.56. The Kier molecular flexibility index (Phi) is 3.76. The number of aromatic nitrogens is 2. The standard InChI is InChI=1S/C14H17N3O2S/c1-8-11(17-6-5-16-8)9-7-20-12(15)10(9)13(18)19-14(2,3)4/h5-7H,15H2,1-4H3. The van der Waals surface area contributed by atoms with Crippen LogP contribution >= 0.6 is 11.3 Å². The number of nitrogens with zero attached hydrogens (tertiary/aromatic N) is 2. The van der Waals surface area contributed by atoms with Gasteiger partial charge in [0.05, 0.1) is 11.4 Å². The minimum atomic E-state index is -0.569. The van der Waals surface area contributed by atoms with E-state index in [0.717, 1.165) is 5.69 Å². The fourth-order valence-corrected chi connectivity index (χ4v) is 2.54. The van der Waals surface area contributed by atoms with Crippen molar-refractivity contribution in [2.75, 3.05) is 5.73 Å². The van der Waals surface area contributed by atoms with E-state index in [9.17, 15) is 4.79 Å². The molecule has 0 aromatic carbocycles. The average Bonchev–Trinajstić information content (AvgIpc) is 2.69. The molecule has 0 saturated heterocycles. The van der Waals surface area contributed by atoms with Crippen LogP contribution in [0.25, 0.3) is 11.3 Å². The number of hydrogen-bond donors (Lipinski definition) is 1. The van der Waals surface area contributed by atoms with E-state index in [0.29, 0.717) is 21.8 Å². The Bertz CT molecular complexity index is 644. The molecule has 2 aromatic rings. The number of thiophene rings is 1. The quantitative estimate of drug-likeness (QED) is 0.860. The normalized spacial score (nSPS) is 11.4. The second-order valence-electron chi connectivity index (χ2n) is 5.38. The zero-order valence-electron chi connectivity index (χ0n) is 11.9. The van der Waals surface area contributed by atoms with Crippen molar-refractivity contribution >= 4 is 22.3 Å². The first-order valence-corrected chi connectivity index (χ1v) is 7.06. The number of nitrogens with two attached hydrogens (primary N) is 1. The molecule has 0 unspecified atom stereocenters. The van der Waals surface area contributed by atoms with E-state index >= 15 is 0 Å². The largest absolute Gasteiger partial charge is 0.456 e. The van der Waals surface area contributed by atoms with Crippen LogP contribution in [0.2, 0.25) is 0 Å². The van der Waals surface area contributed by atoms with Gasteiger partial charge in [-0.3, -0.25) is 9.97 Å².